The zero-order chi connectivity index (χ0) is 18.4. The second-order valence-corrected chi connectivity index (χ2v) is 6.23. The van der Waals surface area contributed by atoms with Crippen molar-refractivity contribution >= 4 is 29.1 Å². The second kappa shape index (κ2) is 8.45. The monoisotopic (exact) mass is 366 g/mol. The topological polar surface area (TPSA) is 66.9 Å². The van der Waals surface area contributed by atoms with E-state index in [-0.39, 0.29) is 5.91 Å². The molecule has 1 heterocycles. The highest BCUT2D eigenvalue weighted by atomic mass is 35.5. The molecule has 0 saturated carbocycles. The van der Waals surface area contributed by atoms with Gasteiger partial charge in [0.1, 0.15) is 0 Å². The number of halogens is 1. The van der Waals surface area contributed by atoms with Crippen molar-refractivity contribution in [3.8, 4) is 0 Å². The van der Waals surface area contributed by atoms with Crippen LogP contribution in [0.25, 0.3) is 0 Å². The maximum absolute atomic E-state index is 12.3. The minimum Gasteiger partial charge on any atom is -0.354 e. The Morgan fingerprint density at radius 1 is 1.04 bits per heavy atom. The minimum atomic E-state index is -0.272. The van der Waals surface area contributed by atoms with Crippen LogP contribution in [0.4, 0.5) is 11.6 Å². The molecule has 3 aromatic rings. The molecule has 0 unspecified atom stereocenters. The van der Waals surface area contributed by atoms with Crippen molar-refractivity contribution in [2.75, 3.05) is 17.2 Å². The van der Waals surface area contributed by atoms with Gasteiger partial charge in [-0.2, -0.15) is 0 Å². The molecule has 0 aliphatic rings. The summed E-state index contributed by atoms with van der Waals surface area (Å²) in [4.78, 5) is 20.7. The van der Waals surface area contributed by atoms with Gasteiger partial charge in [0.2, 0.25) is 5.95 Å². The molecule has 0 radical (unpaired) electrons. The molecule has 1 amide bonds. The van der Waals surface area contributed by atoms with Gasteiger partial charge in [-0.25, -0.2) is 9.97 Å². The predicted octanol–water partition coefficient (Wildman–Crippen LogP) is 4.35. The Labute approximate surface area is 157 Å². The quantitative estimate of drug-likeness (QED) is 0.680. The SMILES string of the molecule is Cc1c(Cl)cccc1NC(=O)c1cnc(NCCc2ccccc2)nc1. The molecule has 0 aliphatic carbocycles. The Morgan fingerprint density at radius 3 is 2.50 bits per heavy atom. The Balaban J connectivity index is 1.56. The zero-order valence-corrected chi connectivity index (χ0v) is 15.1. The maximum atomic E-state index is 12.3. The van der Waals surface area contributed by atoms with Crippen molar-refractivity contribution in [2.45, 2.75) is 13.3 Å². The fraction of sp³-hybridized carbons (Fsp3) is 0.150. The standard InChI is InChI=1S/C20H19ClN4O/c1-14-17(21)8-5-9-18(14)25-19(26)16-12-23-20(24-13-16)22-11-10-15-6-3-2-4-7-15/h2-9,12-13H,10-11H2,1H3,(H,25,26)(H,22,23,24). The Bertz CT molecular complexity index is 882. The number of aromatic nitrogens is 2. The lowest BCUT2D eigenvalue weighted by Gasteiger charge is -2.09. The van der Waals surface area contributed by atoms with Crippen LogP contribution in [0.5, 0.6) is 0 Å². The van der Waals surface area contributed by atoms with Crippen molar-refractivity contribution in [3.05, 3.63) is 82.6 Å². The Kier molecular flexibility index (Phi) is 5.81. The molecule has 0 aliphatic heterocycles. The average molecular weight is 367 g/mol. The van der Waals surface area contributed by atoms with E-state index < -0.39 is 0 Å². The van der Waals surface area contributed by atoms with E-state index in [4.69, 9.17) is 11.6 Å². The van der Waals surface area contributed by atoms with Crippen molar-refractivity contribution in [1.29, 1.82) is 0 Å². The third-order valence-electron chi connectivity index (χ3n) is 3.97. The van der Waals surface area contributed by atoms with Crippen molar-refractivity contribution < 1.29 is 4.79 Å². The first-order valence-corrected chi connectivity index (χ1v) is 8.67. The van der Waals surface area contributed by atoms with Crippen molar-refractivity contribution in [1.82, 2.24) is 9.97 Å². The van der Waals surface area contributed by atoms with Gasteiger partial charge in [-0.05, 0) is 36.6 Å². The van der Waals surface area contributed by atoms with E-state index in [0.29, 0.717) is 22.2 Å². The number of anilines is 2. The molecule has 3 rings (SSSR count). The van der Waals surface area contributed by atoms with Crippen LogP contribution in [-0.4, -0.2) is 22.4 Å². The molecule has 0 saturated heterocycles. The van der Waals surface area contributed by atoms with Crippen LogP contribution in [0.3, 0.4) is 0 Å². The van der Waals surface area contributed by atoms with Crippen LogP contribution < -0.4 is 10.6 Å². The van der Waals surface area contributed by atoms with Gasteiger partial charge in [0, 0.05) is 29.6 Å². The van der Waals surface area contributed by atoms with E-state index in [0.717, 1.165) is 18.5 Å². The van der Waals surface area contributed by atoms with Gasteiger partial charge >= 0.3 is 0 Å². The molecule has 2 N–H and O–H groups in total. The van der Waals surface area contributed by atoms with Crippen LogP contribution in [0.2, 0.25) is 5.02 Å². The van der Waals surface area contributed by atoms with E-state index in [1.807, 2.05) is 25.1 Å². The first kappa shape index (κ1) is 17.9. The average Bonchev–Trinajstić information content (AvgIpc) is 2.67. The van der Waals surface area contributed by atoms with Gasteiger partial charge in [0.15, 0.2) is 0 Å². The van der Waals surface area contributed by atoms with Crippen LogP contribution in [0.1, 0.15) is 21.5 Å². The molecule has 0 fully saturated rings. The smallest absolute Gasteiger partial charge is 0.258 e. The van der Waals surface area contributed by atoms with Gasteiger partial charge < -0.3 is 10.6 Å². The third kappa shape index (κ3) is 4.58. The van der Waals surface area contributed by atoms with E-state index in [1.54, 1.807) is 18.2 Å². The molecular formula is C20H19ClN4O. The van der Waals surface area contributed by atoms with Gasteiger partial charge in [-0.3, -0.25) is 4.79 Å². The number of nitrogens with one attached hydrogen (secondary N) is 2. The maximum Gasteiger partial charge on any atom is 0.258 e. The van der Waals surface area contributed by atoms with E-state index in [1.165, 1.54) is 18.0 Å². The van der Waals surface area contributed by atoms with E-state index in [2.05, 4.69) is 32.7 Å². The fourth-order valence-electron chi connectivity index (χ4n) is 2.44. The van der Waals surface area contributed by atoms with Crippen LogP contribution >= 0.6 is 11.6 Å². The van der Waals surface area contributed by atoms with Gasteiger partial charge in [0.05, 0.1) is 5.56 Å². The number of carbonyl (C=O) groups excluding carboxylic acids is 1. The summed E-state index contributed by atoms with van der Waals surface area (Å²) in [6.07, 6.45) is 3.89. The Morgan fingerprint density at radius 2 is 1.77 bits per heavy atom. The van der Waals surface area contributed by atoms with Crippen LogP contribution in [0.15, 0.2) is 60.9 Å². The van der Waals surface area contributed by atoms with E-state index in [9.17, 15) is 4.79 Å². The molecule has 132 valence electrons. The number of nitrogens with zero attached hydrogens (tertiary/aromatic N) is 2. The minimum absolute atomic E-state index is 0.272. The molecule has 2 aromatic carbocycles. The normalized spacial score (nSPS) is 10.4. The lowest BCUT2D eigenvalue weighted by Crippen LogP contribution is -2.14. The summed E-state index contributed by atoms with van der Waals surface area (Å²) in [6.45, 7) is 2.57. The molecule has 6 heteroatoms. The summed E-state index contributed by atoms with van der Waals surface area (Å²) >= 11 is 6.07. The summed E-state index contributed by atoms with van der Waals surface area (Å²) < 4.78 is 0. The molecular weight excluding hydrogens is 348 g/mol. The summed E-state index contributed by atoms with van der Waals surface area (Å²) in [5, 5.41) is 6.59. The van der Waals surface area contributed by atoms with E-state index >= 15 is 0 Å². The summed E-state index contributed by atoms with van der Waals surface area (Å²) in [5.41, 5.74) is 3.13. The number of hydrogen-bond donors (Lipinski definition) is 2. The highest BCUT2D eigenvalue weighted by Gasteiger charge is 2.10. The number of rotatable bonds is 6. The number of hydrogen-bond acceptors (Lipinski definition) is 4. The molecule has 0 atom stereocenters. The van der Waals surface area contributed by atoms with Crippen LogP contribution in [0, 0.1) is 6.92 Å². The lowest BCUT2D eigenvalue weighted by atomic mass is 10.1. The van der Waals surface area contributed by atoms with Crippen LogP contribution in [-0.2, 0) is 6.42 Å². The summed E-state index contributed by atoms with van der Waals surface area (Å²) in [5.74, 6) is 0.225. The van der Waals surface area contributed by atoms with Gasteiger partial charge in [-0.1, -0.05) is 48.0 Å². The number of carbonyl (C=O) groups is 1. The lowest BCUT2D eigenvalue weighted by molar-refractivity contribution is 0.102. The van der Waals surface area contributed by atoms with Crippen molar-refractivity contribution in [3.63, 3.8) is 0 Å². The highest BCUT2D eigenvalue weighted by Crippen LogP contribution is 2.23. The molecule has 0 bridgehead atoms. The number of benzene rings is 2. The van der Waals surface area contributed by atoms with Gasteiger partial charge in [-0.15, -0.1) is 0 Å². The summed E-state index contributed by atoms with van der Waals surface area (Å²) in [7, 11) is 0. The predicted molar refractivity (Wildman–Crippen MR) is 105 cm³/mol. The molecule has 1 aromatic heterocycles. The first-order valence-electron chi connectivity index (χ1n) is 8.30. The fourth-order valence-corrected chi connectivity index (χ4v) is 2.61. The molecule has 0 spiro atoms. The molecule has 26 heavy (non-hydrogen) atoms. The van der Waals surface area contributed by atoms with Crippen molar-refractivity contribution in [2.24, 2.45) is 0 Å². The first-order chi connectivity index (χ1) is 12.6. The zero-order valence-electron chi connectivity index (χ0n) is 14.4. The molecule has 5 nitrogen and oxygen atoms in total. The largest absolute Gasteiger partial charge is 0.354 e. The second-order valence-electron chi connectivity index (χ2n) is 5.82. The Hall–Kier alpha value is -2.92. The third-order valence-corrected chi connectivity index (χ3v) is 4.38. The highest BCUT2D eigenvalue weighted by molar-refractivity contribution is 6.31. The number of amides is 1. The summed E-state index contributed by atoms with van der Waals surface area (Å²) in [6, 6.07) is 15.6. The van der Waals surface area contributed by atoms with Gasteiger partial charge in [0.25, 0.3) is 5.91 Å².